The molecule has 0 spiro atoms. The van der Waals surface area contributed by atoms with E-state index in [4.69, 9.17) is 0 Å². The van der Waals surface area contributed by atoms with E-state index in [0.717, 1.165) is 36.9 Å². The predicted molar refractivity (Wildman–Crippen MR) is 113 cm³/mol. The highest BCUT2D eigenvalue weighted by Crippen LogP contribution is 2.42. The van der Waals surface area contributed by atoms with Gasteiger partial charge in [0.15, 0.2) is 0 Å². The maximum Gasteiger partial charge on any atom is 0.257 e. The number of carbonyl (C=O) groups excluding carboxylic acids is 3. The summed E-state index contributed by atoms with van der Waals surface area (Å²) in [5, 5.41) is 2.95. The number of benzene rings is 2. The zero-order valence-electron chi connectivity index (χ0n) is 16.9. The topological polar surface area (TPSA) is 66.5 Å². The molecular weight excluding hydrogens is 364 g/mol. The number of nitrogens with zero attached hydrogens (tertiary/aromatic N) is 1. The molecule has 1 aliphatic heterocycles. The number of aryl methyl sites for hydroxylation is 1. The van der Waals surface area contributed by atoms with Crippen LogP contribution in [0.5, 0.6) is 0 Å². The van der Waals surface area contributed by atoms with Gasteiger partial charge < -0.3 is 5.32 Å². The Morgan fingerprint density at radius 3 is 2.48 bits per heavy atom. The van der Waals surface area contributed by atoms with Crippen molar-refractivity contribution in [3.63, 3.8) is 0 Å². The molecule has 2 fully saturated rings. The summed E-state index contributed by atoms with van der Waals surface area (Å²) in [5.74, 6) is -0.719. The predicted octanol–water partition coefficient (Wildman–Crippen LogP) is 4.43. The highest BCUT2D eigenvalue weighted by Gasteiger charge is 2.50. The van der Waals surface area contributed by atoms with E-state index in [1.165, 1.54) is 4.90 Å². The summed E-state index contributed by atoms with van der Waals surface area (Å²) in [7, 11) is 0. The van der Waals surface area contributed by atoms with Gasteiger partial charge in [-0.2, -0.15) is 0 Å². The first-order valence-electron chi connectivity index (χ1n) is 10.4. The fourth-order valence-corrected chi connectivity index (χ4v) is 4.63. The molecule has 0 aromatic heterocycles. The average Bonchev–Trinajstić information content (AvgIpc) is 2.98. The summed E-state index contributed by atoms with van der Waals surface area (Å²) >= 11 is 0. The lowest BCUT2D eigenvalue weighted by atomic mass is 9.76. The van der Waals surface area contributed by atoms with Crippen molar-refractivity contribution in [2.45, 2.75) is 39.5 Å². The first-order valence-corrected chi connectivity index (χ1v) is 10.4. The Hall–Kier alpha value is -2.95. The molecular formula is C24H26N2O3. The second-order valence-electron chi connectivity index (χ2n) is 8.13. The number of imide groups is 1. The van der Waals surface area contributed by atoms with Crippen molar-refractivity contribution in [2.75, 3.05) is 10.2 Å². The van der Waals surface area contributed by atoms with Gasteiger partial charge in [0.2, 0.25) is 11.8 Å². The third kappa shape index (κ3) is 3.46. The van der Waals surface area contributed by atoms with Gasteiger partial charge in [0.1, 0.15) is 0 Å². The first-order chi connectivity index (χ1) is 14.0. The van der Waals surface area contributed by atoms with Crippen molar-refractivity contribution in [1.82, 2.24) is 0 Å². The van der Waals surface area contributed by atoms with Gasteiger partial charge in [-0.25, -0.2) is 4.90 Å². The molecule has 3 atom stereocenters. The van der Waals surface area contributed by atoms with Gasteiger partial charge in [0, 0.05) is 5.69 Å². The Labute approximate surface area is 171 Å². The molecule has 4 rings (SSSR count). The van der Waals surface area contributed by atoms with Crippen LogP contribution in [0.25, 0.3) is 0 Å². The summed E-state index contributed by atoms with van der Waals surface area (Å²) in [6, 6.07) is 14.5. The standard InChI is InChI=1S/C24H26N2O3/c1-3-16-8-4-6-10-20(16)25-22(27)18-9-5-7-11-21(18)26-23(28)17-13-12-15(2)14-19(17)24(26)29/h4-11,15,17,19H,3,12-14H2,1-2H3,(H,25,27)/t15-,17+,19-/m0/s1. The molecule has 3 amide bonds. The zero-order chi connectivity index (χ0) is 20.5. The summed E-state index contributed by atoms with van der Waals surface area (Å²) in [6.45, 7) is 4.16. The summed E-state index contributed by atoms with van der Waals surface area (Å²) in [6.07, 6.45) is 3.24. The molecule has 29 heavy (non-hydrogen) atoms. The SMILES string of the molecule is CCc1ccccc1NC(=O)c1ccccc1N1C(=O)[C@H]2C[C@@H](C)CC[C@H]2C1=O. The highest BCUT2D eigenvalue weighted by atomic mass is 16.2. The van der Waals surface area contributed by atoms with Crippen molar-refractivity contribution < 1.29 is 14.4 Å². The number of para-hydroxylation sites is 2. The number of amides is 3. The van der Waals surface area contributed by atoms with Crippen LogP contribution in [0.2, 0.25) is 0 Å². The van der Waals surface area contributed by atoms with E-state index in [2.05, 4.69) is 12.2 Å². The molecule has 0 bridgehead atoms. The number of carbonyl (C=O) groups is 3. The van der Waals surface area contributed by atoms with E-state index in [9.17, 15) is 14.4 Å². The fraction of sp³-hybridized carbons (Fsp3) is 0.375. The molecule has 1 saturated carbocycles. The van der Waals surface area contributed by atoms with Crippen molar-refractivity contribution in [1.29, 1.82) is 0 Å². The van der Waals surface area contributed by atoms with Crippen LogP contribution in [-0.2, 0) is 16.0 Å². The van der Waals surface area contributed by atoms with Crippen molar-refractivity contribution in [2.24, 2.45) is 17.8 Å². The molecule has 1 aliphatic carbocycles. The molecule has 150 valence electrons. The minimum atomic E-state index is -0.315. The fourth-order valence-electron chi connectivity index (χ4n) is 4.63. The number of anilines is 2. The highest BCUT2D eigenvalue weighted by molar-refractivity contribution is 6.24. The monoisotopic (exact) mass is 390 g/mol. The number of rotatable bonds is 4. The lowest BCUT2D eigenvalue weighted by Crippen LogP contribution is -2.33. The lowest BCUT2D eigenvalue weighted by molar-refractivity contribution is -0.122. The molecule has 0 radical (unpaired) electrons. The Morgan fingerprint density at radius 1 is 1.00 bits per heavy atom. The van der Waals surface area contributed by atoms with Gasteiger partial charge in [0.25, 0.3) is 5.91 Å². The van der Waals surface area contributed by atoms with E-state index in [1.54, 1.807) is 24.3 Å². The van der Waals surface area contributed by atoms with Crippen LogP contribution in [0.1, 0.15) is 49.0 Å². The summed E-state index contributed by atoms with van der Waals surface area (Å²) in [5.41, 5.74) is 2.51. The smallest absolute Gasteiger partial charge is 0.257 e. The number of hydrogen-bond acceptors (Lipinski definition) is 3. The van der Waals surface area contributed by atoms with Crippen LogP contribution in [0, 0.1) is 17.8 Å². The van der Waals surface area contributed by atoms with E-state index < -0.39 is 0 Å². The van der Waals surface area contributed by atoms with E-state index in [0.29, 0.717) is 17.2 Å². The molecule has 2 aromatic carbocycles. The van der Waals surface area contributed by atoms with Gasteiger partial charge in [-0.15, -0.1) is 0 Å². The third-order valence-corrected chi connectivity index (χ3v) is 6.22. The van der Waals surface area contributed by atoms with Gasteiger partial charge in [0.05, 0.1) is 23.1 Å². The Bertz CT molecular complexity index is 968. The minimum absolute atomic E-state index is 0.166. The van der Waals surface area contributed by atoms with E-state index in [1.807, 2.05) is 31.2 Å². The molecule has 0 unspecified atom stereocenters. The summed E-state index contributed by atoms with van der Waals surface area (Å²) in [4.78, 5) is 40.5. The van der Waals surface area contributed by atoms with Crippen LogP contribution >= 0.6 is 0 Å². The zero-order valence-corrected chi connectivity index (χ0v) is 16.9. The molecule has 1 heterocycles. The lowest BCUT2D eigenvalue weighted by Gasteiger charge is -2.25. The van der Waals surface area contributed by atoms with Gasteiger partial charge >= 0.3 is 0 Å². The van der Waals surface area contributed by atoms with E-state index in [-0.39, 0.29) is 29.6 Å². The molecule has 5 nitrogen and oxygen atoms in total. The van der Waals surface area contributed by atoms with Crippen LogP contribution in [0.15, 0.2) is 48.5 Å². The van der Waals surface area contributed by atoms with Crippen molar-refractivity contribution in [3.8, 4) is 0 Å². The molecule has 1 N–H and O–H groups in total. The summed E-state index contributed by atoms with van der Waals surface area (Å²) < 4.78 is 0. The van der Waals surface area contributed by atoms with Crippen LogP contribution < -0.4 is 10.2 Å². The third-order valence-electron chi connectivity index (χ3n) is 6.22. The number of nitrogens with one attached hydrogen (secondary N) is 1. The Kier molecular flexibility index (Phi) is 5.22. The molecule has 2 aliphatic rings. The molecule has 1 saturated heterocycles. The molecule has 5 heteroatoms. The van der Waals surface area contributed by atoms with Gasteiger partial charge in [-0.05, 0) is 55.4 Å². The normalized spacial score (nSPS) is 23.8. The van der Waals surface area contributed by atoms with E-state index >= 15 is 0 Å². The second kappa shape index (κ2) is 7.82. The quantitative estimate of drug-likeness (QED) is 0.786. The molecule has 2 aromatic rings. The first kappa shape index (κ1) is 19.4. The number of hydrogen-bond donors (Lipinski definition) is 1. The van der Waals surface area contributed by atoms with Crippen LogP contribution in [0.3, 0.4) is 0 Å². The van der Waals surface area contributed by atoms with Crippen LogP contribution in [0.4, 0.5) is 11.4 Å². The van der Waals surface area contributed by atoms with Crippen molar-refractivity contribution >= 4 is 29.1 Å². The number of fused-ring (bicyclic) bond motifs is 1. The average molecular weight is 390 g/mol. The van der Waals surface area contributed by atoms with Crippen molar-refractivity contribution in [3.05, 3.63) is 59.7 Å². The second-order valence-corrected chi connectivity index (χ2v) is 8.13. The largest absolute Gasteiger partial charge is 0.322 e. The minimum Gasteiger partial charge on any atom is -0.322 e. The van der Waals surface area contributed by atoms with Crippen LogP contribution in [-0.4, -0.2) is 17.7 Å². The maximum absolute atomic E-state index is 13.1. The Balaban J connectivity index is 1.66. The van der Waals surface area contributed by atoms with Gasteiger partial charge in [-0.1, -0.05) is 44.2 Å². The maximum atomic E-state index is 13.1. The van der Waals surface area contributed by atoms with Gasteiger partial charge in [-0.3, -0.25) is 14.4 Å². The Morgan fingerprint density at radius 2 is 1.69 bits per heavy atom.